The summed E-state index contributed by atoms with van der Waals surface area (Å²) >= 11 is 0. The highest BCUT2D eigenvalue weighted by molar-refractivity contribution is 5.93. The molecule has 1 atom stereocenters. The first-order valence-corrected chi connectivity index (χ1v) is 7.21. The van der Waals surface area contributed by atoms with Gasteiger partial charge in [-0.05, 0) is 5.56 Å². The molecule has 0 saturated heterocycles. The molecule has 6 nitrogen and oxygen atoms in total. The third kappa shape index (κ3) is 3.52. The third-order valence-corrected chi connectivity index (χ3v) is 3.50. The molecule has 0 bridgehead atoms. The second-order valence-corrected chi connectivity index (χ2v) is 5.36. The summed E-state index contributed by atoms with van der Waals surface area (Å²) < 4.78 is 1.70. The van der Waals surface area contributed by atoms with Gasteiger partial charge in [0, 0.05) is 38.2 Å². The van der Waals surface area contributed by atoms with Gasteiger partial charge in [-0.1, -0.05) is 35.5 Å². The summed E-state index contributed by atoms with van der Waals surface area (Å²) in [6, 6.07) is 10.0. The van der Waals surface area contributed by atoms with Gasteiger partial charge in [0.05, 0.1) is 11.9 Å². The quantitative estimate of drug-likeness (QED) is 0.908. The number of oxime groups is 1. The maximum atomic E-state index is 12.1. The van der Waals surface area contributed by atoms with E-state index in [-0.39, 0.29) is 5.91 Å². The number of benzene rings is 1. The minimum Gasteiger partial charge on any atom is -0.382 e. The van der Waals surface area contributed by atoms with Crippen molar-refractivity contribution in [1.82, 2.24) is 15.1 Å². The lowest BCUT2D eigenvalue weighted by Crippen LogP contribution is -2.34. The smallest absolute Gasteiger partial charge is 0.264 e. The molecule has 22 heavy (non-hydrogen) atoms. The van der Waals surface area contributed by atoms with E-state index in [4.69, 9.17) is 4.84 Å². The van der Waals surface area contributed by atoms with E-state index in [0.717, 1.165) is 11.3 Å². The maximum Gasteiger partial charge on any atom is 0.264 e. The van der Waals surface area contributed by atoms with E-state index in [1.54, 1.807) is 10.9 Å². The van der Waals surface area contributed by atoms with Crippen molar-refractivity contribution in [3.05, 3.63) is 53.9 Å². The molecule has 1 amide bonds. The van der Waals surface area contributed by atoms with Crippen LogP contribution >= 0.6 is 0 Å². The van der Waals surface area contributed by atoms with Crippen LogP contribution in [0.1, 0.15) is 17.5 Å². The number of nitrogens with one attached hydrogen (secondary N) is 1. The molecule has 0 spiro atoms. The minimum absolute atomic E-state index is 0.143. The molecule has 114 valence electrons. The van der Waals surface area contributed by atoms with Crippen molar-refractivity contribution in [2.75, 3.05) is 0 Å². The van der Waals surface area contributed by atoms with Gasteiger partial charge in [0.2, 0.25) is 6.10 Å². The van der Waals surface area contributed by atoms with Crippen LogP contribution in [0.2, 0.25) is 0 Å². The standard InChI is InChI=1S/C16H18N4O2/c1-20-11-13(10-18-20)9-17-16(21)15-8-14(19-22-15)7-12-5-3-2-4-6-12/h2-6,10-11,15H,7-9H2,1H3,(H,17,21). The van der Waals surface area contributed by atoms with Crippen LogP contribution in [-0.4, -0.2) is 27.5 Å². The van der Waals surface area contributed by atoms with E-state index in [2.05, 4.69) is 15.6 Å². The van der Waals surface area contributed by atoms with E-state index in [1.807, 2.05) is 43.6 Å². The molecule has 1 aromatic heterocycles. The zero-order chi connectivity index (χ0) is 15.4. The number of carbonyl (C=O) groups excluding carboxylic acids is 1. The summed E-state index contributed by atoms with van der Waals surface area (Å²) in [6.45, 7) is 0.445. The van der Waals surface area contributed by atoms with Gasteiger partial charge < -0.3 is 10.2 Å². The Morgan fingerprint density at radius 3 is 2.91 bits per heavy atom. The average molecular weight is 298 g/mol. The molecule has 0 fully saturated rings. The number of hydrogen-bond acceptors (Lipinski definition) is 4. The molecule has 1 aliphatic rings. The molecule has 3 rings (SSSR count). The van der Waals surface area contributed by atoms with E-state index >= 15 is 0 Å². The Bertz CT molecular complexity index is 678. The average Bonchev–Trinajstić information content (AvgIpc) is 3.15. The highest BCUT2D eigenvalue weighted by Gasteiger charge is 2.27. The predicted molar refractivity (Wildman–Crippen MR) is 82.1 cm³/mol. The van der Waals surface area contributed by atoms with Crippen LogP contribution < -0.4 is 5.32 Å². The van der Waals surface area contributed by atoms with Crippen LogP contribution in [0.3, 0.4) is 0 Å². The van der Waals surface area contributed by atoms with Crippen LogP contribution in [0.4, 0.5) is 0 Å². The number of aryl methyl sites for hydroxylation is 1. The Kier molecular flexibility index (Phi) is 4.18. The fourth-order valence-electron chi connectivity index (χ4n) is 2.37. The fourth-order valence-corrected chi connectivity index (χ4v) is 2.37. The van der Waals surface area contributed by atoms with Crippen molar-refractivity contribution in [2.45, 2.75) is 25.5 Å². The van der Waals surface area contributed by atoms with Gasteiger partial charge in [-0.25, -0.2) is 0 Å². The van der Waals surface area contributed by atoms with Crippen molar-refractivity contribution < 1.29 is 9.63 Å². The lowest BCUT2D eigenvalue weighted by molar-refractivity contribution is -0.131. The van der Waals surface area contributed by atoms with Crippen LogP contribution in [-0.2, 0) is 29.6 Å². The van der Waals surface area contributed by atoms with Crippen LogP contribution in [0.25, 0.3) is 0 Å². The van der Waals surface area contributed by atoms with Crippen molar-refractivity contribution in [3.8, 4) is 0 Å². The van der Waals surface area contributed by atoms with E-state index in [0.29, 0.717) is 19.4 Å². The molecule has 1 aliphatic heterocycles. The number of carbonyl (C=O) groups is 1. The number of aromatic nitrogens is 2. The first kappa shape index (κ1) is 14.3. The Hall–Kier alpha value is -2.63. The molecule has 2 heterocycles. The van der Waals surface area contributed by atoms with E-state index in [9.17, 15) is 4.79 Å². The predicted octanol–water partition coefficient (Wildman–Crippen LogP) is 1.42. The van der Waals surface area contributed by atoms with Crippen molar-refractivity contribution in [1.29, 1.82) is 0 Å². The molecule has 2 aromatic rings. The monoisotopic (exact) mass is 298 g/mol. The first-order valence-electron chi connectivity index (χ1n) is 7.21. The second-order valence-electron chi connectivity index (χ2n) is 5.36. The van der Waals surface area contributed by atoms with Crippen LogP contribution in [0, 0.1) is 0 Å². The van der Waals surface area contributed by atoms with Gasteiger partial charge in [-0.15, -0.1) is 0 Å². The molecular weight excluding hydrogens is 280 g/mol. The summed E-state index contributed by atoms with van der Waals surface area (Å²) in [5, 5.41) is 10.9. The molecule has 0 radical (unpaired) electrons. The molecule has 1 aromatic carbocycles. The topological polar surface area (TPSA) is 68.5 Å². The number of rotatable bonds is 5. The Morgan fingerprint density at radius 2 is 2.18 bits per heavy atom. The molecule has 0 aliphatic carbocycles. The lowest BCUT2D eigenvalue weighted by atomic mass is 10.0. The highest BCUT2D eigenvalue weighted by Crippen LogP contribution is 2.14. The van der Waals surface area contributed by atoms with Crippen LogP contribution in [0.15, 0.2) is 47.9 Å². The Morgan fingerprint density at radius 1 is 1.36 bits per heavy atom. The summed E-state index contributed by atoms with van der Waals surface area (Å²) in [4.78, 5) is 17.3. The van der Waals surface area contributed by atoms with Gasteiger partial charge in [0.25, 0.3) is 5.91 Å². The summed E-state index contributed by atoms with van der Waals surface area (Å²) in [7, 11) is 1.84. The fraction of sp³-hybridized carbons (Fsp3) is 0.312. The molecular formula is C16H18N4O2. The van der Waals surface area contributed by atoms with E-state index < -0.39 is 6.10 Å². The highest BCUT2D eigenvalue weighted by atomic mass is 16.6. The van der Waals surface area contributed by atoms with Crippen molar-refractivity contribution >= 4 is 11.6 Å². The Balaban J connectivity index is 1.47. The summed E-state index contributed by atoms with van der Waals surface area (Å²) in [6.07, 6.45) is 4.32. The second kappa shape index (κ2) is 6.43. The van der Waals surface area contributed by atoms with Gasteiger partial charge in [-0.2, -0.15) is 5.10 Å². The SMILES string of the molecule is Cn1cc(CNC(=O)C2CC(Cc3ccccc3)=NO2)cn1. The summed E-state index contributed by atoms with van der Waals surface area (Å²) in [5.41, 5.74) is 3.02. The van der Waals surface area contributed by atoms with Crippen LogP contribution in [0.5, 0.6) is 0 Å². The molecule has 1 N–H and O–H groups in total. The van der Waals surface area contributed by atoms with Gasteiger partial charge >= 0.3 is 0 Å². The number of nitrogens with zero attached hydrogens (tertiary/aromatic N) is 3. The van der Waals surface area contributed by atoms with Crippen molar-refractivity contribution in [2.24, 2.45) is 12.2 Å². The van der Waals surface area contributed by atoms with Crippen molar-refractivity contribution in [3.63, 3.8) is 0 Å². The van der Waals surface area contributed by atoms with Gasteiger partial charge in [0.1, 0.15) is 0 Å². The summed E-state index contributed by atoms with van der Waals surface area (Å²) in [5.74, 6) is -0.143. The Labute approximate surface area is 128 Å². The lowest BCUT2D eigenvalue weighted by Gasteiger charge is -2.08. The first-order chi connectivity index (χ1) is 10.7. The number of hydrogen-bond donors (Lipinski definition) is 1. The maximum absolute atomic E-state index is 12.1. The van der Waals surface area contributed by atoms with Gasteiger partial charge in [0.15, 0.2) is 0 Å². The molecule has 1 unspecified atom stereocenters. The number of amides is 1. The normalized spacial score (nSPS) is 17.0. The molecule has 0 saturated carbocycles. The largest absolute Gasteiger partial charge is 0.382 e. The zero-order valence-corrected chi connectivity index (χ0v) is 12.4. The minimum atomic E-state index is -0.532. The third-order valence-electron chi connectivity index (χ3n) is 3.50. The zero-order valence-electron chi connectivity index (χ0n) is 12.4. The van der Waals surface area contributed by atoms with E-state index in [1.165, 1.54) is 5.56 Å². The van der Waals surface area contributed by atoms with Gasteiger partial charge in [-0.3, -0.25) is 9.48 Å². The molecule has 6 heteroatoms.